The van der Waals surface area contributed by atoms with Crippen LogP contribution >= 0.6 is 11.6 Å². The number of carbonyl (C=O) groups excluding carboxylic acids is 1. The van der Waals surface area contributed by atoms with Crippen molar-refractivity contribution in [1.82, 2.24) is 0 Å². The van der Waals surface area contributed by atoms with Gasteiger partial charge in [-0.05, 0) is 31.0 Å². The fourth-order valence-corrected chi connectivity index (χ4v) is 1.89. The third kappa shape index (κ3) is 2.47. The summed E-state index contributed by atoms with van der Waals surface area (Å²) in [5.41, 5.74) is 1.72. The smallest absolute Gasteiger partial charge is 0.227 e. The molecule has 1 aliphatic rings. The van der Waals surface area contributed by atoms with E-state index in [0.29, 0.717) is 5.02 Å². The Balaban J connectivity index is 2.11. The van der Waals surface area contributed by atoms with Crippen molar-refractivity contribution >= 4 is 28.9 Å². The molecule has 0 spiro atoms. The van der Waals surface area contributed by atoms with Gasteiger partial charge in [0.25, 0.3) is 0 Å². The van der Waals surface area contributed by atoms with Crippen LogP contribution in [0.1, 0.15) is 12.8 Å². The number of halogens is 1. The van der Waals surface area contributed by atoms with Gasteiger partial charge >= 0.3 is 0 Å². The lowest BCUT2D eigenvalue weighted by atomic mass is 10.2. The summed E-state index contributed by atoms with van der Waals surface area (Å²) in [7, 11) is 3.87. The Bertz CT molecular complexity index is 413. The number of nitrogens with one attached hydrogen (secondary N) is 1. The van der Waals surface area contributed by atoms with E-state index in [1.165, 1.54) is 0 Å². The number of nitrogens with zero attached hydrogens (tertiary/aromatic N) is 1. The van der Waals surface area contributed by atoms with Crippen molar-refractivity contribution in [3.63, 3.8) is 0 Å². The molecular weight excluding hydrogens is 224 g/mol. The van der Waals surface area contributed by atoms with Crippen LogP contribution in [0.15, 0.2) is 18.2 Å². The van der Waals surface area contributed by atoms with Gasteiger partial charge in [0.15, 0.2) is 0 Å². The van der Waals surface area contributed by atoms with Gasteiger partial charge in [0.1, 0.15) is 0 Å². The van der Waals surface area contributed by atoms with Gasteiger partial charge < -0.3 is 10.2 Å². The quantitative estimate of drug-likeness (QED) is 0.878. The molecule has 1 aromatic carbocycles. The van der Waals surface area contributed by atoms with Crippen molar-refractivity contribution < 1.29 is 4.79 Å². The molecule has 0 heterocycles. The second kappa shape index (κ2) is 4.34. The molecule has 0 saturated heterocycles. The van der Waals surface area contributed by atoms with Gasteiger partial charge in [0.05, 0.1) is 10.7 Å². The summed E-state index contributed by atoms with van der Waals surface area (Å²) in [6.45, 7) is 0. The van der Waals surface area contributed by atoms with E-state index in [-0.39, 0.29) is 11.8 Å². The first kappa shape index (κ1) is 11.3. The summed E-state index contributed by atoms with van der Waals surface area (Å²) >= 11 is 6.11. The molecule has 0 aromatic heterocycles. The number of rotatable bonds is 3. The zero-order valence-electron chi connectivity index (χ0n) is 9.46. The molecule has 0 aliphatic heterocycles. The molecule has 86 valence electrons. The molecule has 1 saturated carbocycles. The highest BCUT2D eigenvalue weighted by Crippen LogP contribution is 2.32. The molecule has 0 unspecified atom stereocenters. The monoisotopic (exact) mass is 238 g/mol. The van der Waals surface area contributed by atoms with Crippen molar-refractivity contribution in [2.75, 3.05) is 24.3 Å². The van der Waals surface area contributed by atoms with Crippen LogP contribution in [-0.4, -0.2) is 20.0 Å². The minimum Gasteiger partial charge on any atom is -0.376 e. The molecule has 0 atom stereocenters. The minimum atomic E-state index is 0.105. The third-order valence-corrected chi connectivity index (χ3v) is 2.95. The Morgan fingerprint density at radius 3 is 2.62 bits per heavy atom. The molecule has 4 heteroatoms. The molecule has 1 aromatic rings. The maximum atomic E-state index is 11.5. The van der Waals surface area contributed by atoms with Crippen molar-refractivity contribution in [2.45, 2.75) is 12.8 Å². The van der Waals surface area contributed by atoms with E-state index in [9.17, 15) is 4.79 Å². The topological polar surface area (TPSA) is 32.3 Å². The van der Waals surface area contributed by atoms with Crippen LogP contribution in [0.2, 0.25) is 5.02 Å². The van der Waals surface area contributed by atoms with Crippen LogP contribution in [0.4, 0.5) is 11.4 Å². The Kier molecular flexibility index (Phi) is 3.06. The van der Waals surface area contributed by atoms with E-state index in [4.69, 9.17) is 11.6 Å². The van der Waals surface area contributed by atoms with Gasteiger partial charge in [-0.25, -0.2) is 0 Å². The predicted molar refractivity (Wildman–Crippen MR) is 67.1 cm³/mol. The average Bonchev–Trinajstić information content (AvgIpc) is 2.99. The molecule has 1 fully saturated rings. The molecule has 0 bridgehead atoms. The number of hydrogen-bond donors (Lipinski definition) is 1. The lowest BCUT2D eigenvalue weighted by Gasteiger charge is -2.15. The van der Waals surface area contributed by atoms with Gasteiger partial charge in [0, 0.05) is 25.7 Å². The lowest BCUT2D eigenvalue weighted by molar-refractivity contribution is -0.117. The minimum absolute atomic E-state index is 0.105. The van der Waals surface area contributed by atoms with Crippen molar-refractivity contribution in [3.05, 3.63) is 23.2 Å². The number of anilines is 2. The zero-order chi connectivity index (χ0) is 11.7. The van der Waals surface area contributed by atoms with E-state index < -0.39 is 0 Å². The molecule has 1 amide bonds. The summed E-state index contributed by atoms with van der Waals surface area (Å²) < 4.78 is 0. The first-order valence-electron chi connectivity index (χ1n) is 5.35. The number of amides is 1. The molecule has 1 aliphatic carbocycles. The molecule has 16 heavy (non-hydrogen) atoms. The zero-order valence-corrected chi connectivity index (χ0v) is 10.2. The molecule has 3 nitrogen and oxygen atoms in total. The van der Waals surface area contributed by atoms with Gasteiger partial charge in [-0.2, -0.15) is 0 Å². The average molecular weight is 239 g/mol. The second-order valence-electron chi connectivity index (χ2n) is 4.32. The summed E-state index contributed by atoms with van der Waals surface area (Å²) in [4.78, 5) is 13.5. The van der Waals surface area contributed by atoms with E-state index in [1.54, 1.807) is 6.07 Å². The van der Waals surface area contributed by atoms with Crippen LogP contribution in [0, 0.1) is 5.92 Å². The molecule has 0 radical (unpaired) electrons. The second-order valence-corrected chi connectivity index (χ2v) is 4.73. The van der Waals surface area contributed by atoms with E-state index in [1.807, 2.05) is 31.1 Å². The highest BCUT2D eigenvalue weighted by atomic mass is 35.5. The first-order chi connectivity index (χ1) is 7.58. The van der Waals surface area contributed by atoms with E-state index in [2.05, 4.69) is 5.32 Å². The lowest BCUT2D eigenvalue weighted by Crippen LogP contribution is -2.14. The predicted octanol–water partition coefficient (Wildman–Crippen LogP) is 2.75. The normalized spacial score (nSPS) is 14.7. The third-order valence-electron chi connectivity index (χ3n) is 2.65. The Morgan fingerprint density at radius 1 is 1.44 bits per heavy atom. The van der Waals surface area contributed by atoms with Crippen LogP contribution in [-0.2, 0) is 4.79 Å². The Morgan fingerprint density at radius 2 is 2.12 bits per heavy atom. The van der Waals surface area contributed by atoms with Crippen molar-refractivity contribution in [1.29, 1.82) is 0 Å². The maximum absolute atomic E-state index is 11.5. The first-order valence-corrected chi connectivity index (χ1v) is 5.73. The van der Waals surface area contributed by atoms with Crippen LogP contribution in [0.3, 0.4) is 0 Å². The van der Waals surface area contributed by atoms with E-state index >= 15 is 0 Å². The van der Waals surface area contributed by atoms with Gasteiger partial charge in [-0.1, -0.05) is 11.6 Å². The molecule has 2 rings (SSSR count). The summed E-state index contributed by atoms with van der Waals surface area (Å²) in [6, 6.07) is 5.57. The highest BCUT2D eigenvalue weighted by molar-refractivity contribution is 6.33. The number of benzene rings is 1. The number of hydrogen-bond acceptors (Lipinski definition) is 2. The van der Waals surface area contributed by atoms with Crippen molar-refractivity contribution in [2.24, 2.45) is 5.92 Å². The standard InChI is InChI=1S/C12H15ClN2O/c1-15(2)11-6-5-9(7-10(11)13)14-12(16)8-3-4-8/h5-8H,3-4H2,1-2H3,(H,14,16). The van der Waals surface area contributed by atoms with E-state index in [0.717, 1.165) is 24.2 Å². The van der Waals surface area contributed by atoms with Crippen LogP contribution in [0.25, 0.3) is 0 Å². The largest absolute Gasteiger partial charge is 0.376 e. The summed E-state index contributed by atoms with van der Waals surface area (Å²) in [6.07, 6.45) is 2.02. The Labute approximate surface area is 100 Å². The SMILES string of the molecule is CN(C)c1ccc(NC(=O)C2CC2)cc1Cl. The fourth-order valence-electron chi connectivity index (χ4n) is 1.54. The van der Waals surface area contributed by atoms with Gasteiger partial charge in [-0.3, -0.25) is 4.79 Å². The number of carbonyl (C=O) groups is 1. The Hall–Kier alpha value is -1.22. The van der Waals surface area contributed by atoms with Crippen LogP contribution < -0.4 is 10.2 Å². The maximum Gasteiger partial charge on any atom is 0.227 e. The molecular formula is C12H15ClN2O. The molecule has 1 N–H and O–H groups in total. The summed E-state index contributed by atoms with van der Waals surface area (Å²) in [5.74, 6) is 0.320. The van der Waals surface area contributed by atoms with Gasteiger partial charge in [0.2, 0.25) is 5.91 Å². The fraction of sp³-hybridized carbons (Fsp3) is 0.417. The van der Waals surface area contributed by atoms with Crippen molar-refractivity contribution in [3.8, 4) is 0 Å². The summed E-state index contributed by atoms with van der Waals surface area (Å²) in [5, 5.41) is 3.52. The van der Waals surface area contributed by atoms with Crippen LogP contribution in [0.5, 0.6) is 0 Å². The highest BCUT2D eigenvalue weighted by Gasteiger charge is 2.29. The van der Waals surface area contributed by atoms with Gasteiger partial charge in [-0.15, -0.1) is 0 Å².